The molecule has 0 spiro atoms. The molecule has 1 aromatic heterocycles. The van der Waals surface area contributed by atoms with Crippen LogP contribution < -0.4 is 0 Å². The highest BCUT2D eigenvalue weighted by molar-refractivity contribution is 7.89. The van der Waals surface area contributed by atoms with Gasteiger partial charge in [-0.1, -0.05) is 0 Å². The molecular weight excluding hydrogens is 238 g/mol. The van der Waals surface area contributed by atoms with Crippen molar-refractivity contribution >= 4 is 10.0 Å². The molecule has 0 saturated carbocycles. The smallest absolute Gasteiger partial charge is 0.213 e. The van der Waals surface area contributed by atoms with Crippen LogP contribution in [0.1, 0.15) is 31.4 Å². The highest BCUT2D eigenvalue weighted by Crippen LogP contribution is 2.27. The normalized spacial score (nSPS) is 22.8. The molecule has 0 aliphatic carbocycles. The van der Waals surface area contributed by atoms with E-state index >= 15 is 0 Å². The van der Waals surface area contributed by atoms with Gasteiger partial charge in [0.1, 0.15) is 0 Å². The molecule has 0 aromatic carbocycles. The van der Waals surface area contributed by atoms with Crippen LogP contribution in [0.4, 0.5) is 0 Å². The lowest BCUT2D eigenvalue weighted by molar-refractivity contribution is 0.312. The van der Waals surface area contributed by atoms with Crippen molar-refractivity contribution in [1.29, 1.82) is 0 Å². The zero-order valence-electron chi connectivity index (χ0n) is 10.3. The van der Waals surface area contributed by atoms with Gasteiger partial charge in [-0.2, -0.15) is 5.10 Å². The van der Waals surface area contributed by atoms with Crippen LogP contribution in [0.15, 0.2) is 12.3 Å². The molecule has 1 atom stereocenters. The second kappa shape index (κ2) is 4.78. The van der Waals surface area contributed by atoms with E-state index in [0.717, 1.165) is 18.5 Å². The highest BCUT2D eigenvalue weighted by Gasteiger charge is 2.29. The van der Waals surface area contributed by atoms with Crippen LogP contribution in [0, 0.1) is 0 Å². The van der Waals surface area contributed by atoms with E-state index in [2.05, 4.69) is 5.10 Å². The molecule has 17 heavy (non-hydrogen) atoms. The molecule has 1 saturated heterocycles. The van der Waals surface area contributed by atoms with Gasteiger partial charge in [-0.25, -0.2) is 12.7 Å². The summed E-state index contributed by atoms with van der Waals surface area (Å²) in [5, 5.41) is 4.37. The van der Waals surface area contributed by atoms with Crippen molar-refractivity contribution in [3.05, 3.63) is 18.0 Å². The molecule has 0 amide bonds. The SMILES string of the molecule is CCS(=O)(=O)N1CCC[C@@H](c2ccn(C)n2)C1. The molecule has 6 heteroatoms. The first-order valence-electron chi connectivity index (χ1n) is 6.00. The van der Waals surface area contributed by atoms with Crippen molar-refractivity contribution in [1.82, 2.24) is 14.1 Å². The van der Waals surface area contributed by atoms with Gasteiger partial charge < -0.3 is 0 Å². The maximum Gasteiger partial charge on any atom is 0.213 e. The van der Waals surface area contributed by atoms with Crippen LogP contribution >= 0.6 is 0 Å². The Morgan fingerprint density at radius 2 is 2.29 bits per heavy atom. The highest BCUT2D eigenvalue weighted by atomic mass is 32.2. The Bertz CT molecular complexity index is 481. The molecule has 1 aromatic rings. The molecule has 1 fully saturated rings. The van der Waals surface area contributed by atoms with Crippen LogP contribution in [-0.4, -0.2) is 41.3 Å². The summed E-state index contributed by atoms with van der Waals surface area (Å²) in [4.78, 5) is 0. The summed E-state index contributed by atoms with van der Waals surface area (Å²) < 4.78 is 27.0. The minimum atomic E-state index is -3.06. The van der Waals surface area contributed by atoms with Gasteiger partial charge in [0.05, 0.1) is 11.4 Å². The van der Waals surface area contributed by atoms with E-state index in [9.17, 15) is 8.42 Å². The predicted octanol–water partition coefficient (Wildman–Crippen LogP) is 0.949. The third-order valence-electron chi connectivity index (χ3n) is 3.29. The number of aromatic nitrogens is 2. The Balaban J connectivity index is 2.13. The number of piperidine rings is 1. The Labute approximate surface area is 102 Å². The van der Waals surface area contributed by atoms with Crippen molar-refractivity contribution in [2.75, 3.05) is 18.8 Å². The number of rotatable bonds is 3. The third kappa shape index (κ3) is 2.69. The standard InChI is InChI=1S/C11H19N3O2S/c1-3-17(15,16)14-7-4-5-10(9-14)11-6-8-13(2)12-11/h6,8,10H,3-5,7,9H2,1-2H3/t10-/m1/s1. The van der Waals surface area contributed by atoms with Crippen LogP contribution in [0.2, 0.25) is 0 Å². The molecule has 96 valence electrons. The molecule has 0 bridgehead atoms. The van der Waals surface area contributed by atoms with Crippen LogP contribution in [-0.2, 0) is 17.1 Å². The van der Waals surface area contributed by atoms with Gasteiger partial charge in [-0.3, -0.25) is 4.68 Å². The number of aryl methyl sites for hydroxylation is 1. The molecule has 1 aliphatic rings. The molecule has 5 nitrogen and oxygen atoms in total. The summed E-state index contributed by atoms with van der Waals surface area (Å²) in [5.74, 6) is 0.424. The molecule has 1 aliphatic heterocycles. The number of hydrogen-bond acceptors (Lipinski definition) is 3. The quantitative estimate of drug-likeness (QED) is 0.810. The van der Waals surface area contributed by atoms with E-state index in [-0.39, 0.29) is 11.7 Å². The molecule has 2 heterocycles. The predicted molar refractivity (Wildman–Crippen MR) is 66.2 cm³/mol. The van der Waals surface area contributed by atoms with Gasteiger partial charge in [-0.05, 0) is 25.8 Å². The fraction of sp³-hybridized carbons (Fsp3) is 0.727. The first kappa shape index (κ1) is 12.6. The van der Waals surface area contributed by atoms with Gasteiger partial charge >= 0.3 is 0 Å². The average molecular weight is 257 g/mol. The Morgan fingerprint density at radius 1 is 1.53 bits per heavy atom. The van der Waals surface area contributed by atoms with Gasteiger partial charge in [0.15, 0.2) is 0 Å². The summed E-state index contributed by atoms with van der Waals surface area (Å²) in [5.41, 5.74) is 1.00. The van der Waals surface area contributed by atoms with E-state index < -0.39 is 10.0 Å². The van der Waals surface area contributed by atoms with Gasteiger partial charge in [0.25, 0.3) is 0 Å². The minimum Gasteiger partial charge on any atom is -0.276 e. The Morgan fingerprint density at radius 3 is 2.88 bits per heavy atom. The summed E-state index contributed by atoms with van der Waals surface area (Å²) in [6, 6.07) is 1.98. The molecule has 0 N–H and O–H groups in total. The third-order valence-corrected chi connectivity index (χ3v) is 5.14. The Kier molecular flexibility index (Phi) is 3.53. The van der Waals surface area contributed by atoms with Crippen molar-refractivity contribution in [2.45, 2.75) is 25.7 Å². The van der Waals surface area contributed by atoms with Gasteiger partial charge in [-0.15, -0.1) is 0 Å². The second-order valence-corrected chi connectivity index (χ2v) is 6.77. The molecule has 0 unspecified atom stereocenters. The van der Waals surface area contributed by atoms with Crippen molar-refractivity contribution < 1.29 is 8.42 Å². The molecular formula is C11H19N3O2S. The van der Waals surface area contributed by atoms with Gasteiger partial charge in [0.2, 0.25) is 10.0 Å². The zero-order valence-corrected chi connectivity index (χ0v) is 11.2. The molecule has 2 rings (SSSR count). The Hall–Kier alpha value is -0.880. The van der Waals surface area contributed by atoms with Crippen molar-refractivity contribution in [3.63, 3.8) is 0 Å². The molecule has 0 radical (unpaired) electrons. The van der Waals surface area contributed by atoms with Gasteiger partial charge in [0, 0.05) is 32.3 Å². The van der Waals surface area contributed by atoms with Crippen LogP contribution in [0.5, 0.6) is 0 Å². The zero-order chi connectivity index (χ0) is 12.5. The van der Waals surface area contributed by atoms with E-state index in [4.69, 9.17) is 0 Å². The lowest BCUT2D eigenvalue weighted by atomic mass is 9.96. The average Bonchev–Trinajstić information content (AvgIpc) is 2.76. The van der Waals surface area contributed by atoms with Crippen LogP contribution in [0.25, 0.3) is 0 Å². The number of sulfonamides is 1. The van der Waals surface area contributed by atoms with E-state index in [1.165, 1.54) is 0 Å². The van der Waals surface area contributed by atoms with Crippen molar-refractivity contribution in [3.8, 4) is 0 Å². The monoisotopic (exact) mass is 257 g/mol. The summed E-state index contributed by atoms with van der Waals surface area (Å²) in [7, 11) is -1.17. The lowest BCUT2D eigenvalue weighted by Crippen LogP contribution is -2.40. The lowest BCUT2D eigenvalue weighted by Gasteiger charge is -2.30. The van der Waals surface area contributed by atoms with Crippen molar-refractivity contribution in [2.24, 2.45) is 7.05 Å². The summed E-state index contributed by atoms with van der Waals surface area (Å²) in [6.45, 7) is 2.92. The maximum atomic E-state index is 11.8. The van der Waals surface area contributed by atoms with E-state index in [1.807, 2.05) is 19.3 Å². The first-order chi connectivity index (χ1) is 8.03. The fourth-order valence-corrected chi connectivity index (χ4v) is 3.45. The van der Waals surface area contributed by atoms with Crippen LogP contribution in [0.3, 0.4) is 0 Å². The first-order valence-corrected chi connectivity index (χ1v) is 7.61. The topological polar surface area (TPSA) is 55.2 Å². The van der Waals surface area contributed by atoms with E-state index in [0.29, 0.717) is 13.1 Å². The summed E-state index contributed by atoms with van der Waals surface area (Å²) in [6.07, 6.45) is 3.84. The largest absolute Gasteiger partial charge is 0.276 e. The van der Waals surface area contributed by atoms with E-state index in [1.54, 1.807) is 15.9 Å². The fourth-order valence-electron chi connectivity index (χ4n) is 2.27. The maximum absolute atomic E-state index is 11.8. The summed E-state index contributed by atoms with van der Waals surface area (Å²) >= 11 is 0. The minimum absolute atomic E-state index is 0.182. The number of hydrogen-bond donors (Lipinski definition) is 0. The number of nitrogens with zero attached hydrogens (tertiary/aromatic N) is 3. The second-order valence-electron chi connectivity index (χ2n) is 4.51.